The monoisotopic (exact) mass is 326 g/mol. The molecule has 0 atom stereocenters. The molecule has 0 amide bonds. The van der Waals surface area contributed by atoms with Gasteiger partial charge in [-0.15, -0.1) is 0 Å². The Hall–Kier alpha value is -0.580. The highest BCUT2D eigenvalue weighted by Crippen LogP contribution is 2.27. The summed E-state index contributed by atoms with van der Waals surface area (Å²) in [5.41, 5.74) is 0.956. The standard InChI is InChI=1S/C15H23BrN2O/c1-18-9-6-12(7-10-18)5-8-17-11-13-3-2-4-14(16)15(13)19/h2-4,12,17,19H,5-11H2,1H3. The van der Waals surface area contributed by atoms with Crippen LogP contribution in [0.3, 0.4) is 0 Å². The number of aromatic hydroxyl groups is 1. The predicted molar refractivity (Wildman–Crippen MR) is 82.4 cm³/mol. The van der Waals surface area contributed by atoms with E-state index in [0.717, 1.165) is 29.0 Å². The predicted octanol–water partition coefficient (Wildman–Crippen LogP) is 2.98. The maximum Gasteiger partial charge on any atom is 0.134 e. The molecule has 2 N–H and O–H groups in total. The third kappa shape index (κ3) is 4.48. The van der Waals surface area contributed by atoms with Gasteiger partial charge in [-0.05, 0) is 73.9 Å². The molecule has 0 aliphatic carbocycles. The lowest BCUT2D eigenvalue weighted by atomic mass is 9.94. The van der Waals surface area contributed by atoms with Gasteiger partial charge in [-0.3, -0.25) is 0 Å². The van der Waals surface area contributed by atoms with Crippen LogP contribution in [-0.4, -0.2) is 36.7 Å². The van der Waals surface area contributed by atoms with Crippen molar-refractivity contribution in [1.29, 1.82) is 0 Å². The van der Waals surface area contributed by atoms with Crippen molar-refractivity contribution in [3.05, 3.63) is 28.2 Å². The number of para-hydroxylation sites is 1. The van der Waals surface area contributed by atoms with Crippen LogP contribution in [0.15, 0.2) is 22.7 Å². The van der Waals surface area contributed by atoms with Crippen LogP contribution < -0.4 is 5.32 Å². The Morgan fingerprint density at radius 2 is 2.11 bits per heavy atom. The average Bonchev–Trinajstić information content (AvgIpc) is 2.41. The van der Waals surface area contributed by atoms with E-state index in [1.54, 1.807) is 0 Å². The summed E-state index contributed by atoms with van der Waals surface area (Å²) < 4.78 is 0.766. The normalized spacial score (nSPS) is 17.8. The molecule has 2 rings (SSSR count). The van der Waals surface area contributed by atoms with Gasteiger partial charge in [-0.2, -0.15) is 0 Å². The first-order valence-corrected chi connectivity index (χ1v) is 7.81. The van der Waals surface area contributed by atoms with E-state index < -0.39 is 0 Å². The first kappa shape index (κ1) is 14.8. The molecular formula is C15H23BrN2O. The van der Waals surface area contributed by atoms with Crippen molar-refractivity contribution in [3.8, 4) is 5.75 Å². The van der Waals surface area contributed by atoms with Crippen molar-refractivity contribution in [3.63, 3.8) is 0 Å². The molecule has 0 spiro atoms. The number of likely N-dealkylation sites (tertiary alicyclic amines) is 1. The molecular weight excluding hydrogens is 304 g/mol. The maximum absolute atomic E-state index is 9.88. The zero-order valence-electron chi connectivity index (χ0n) is 11.5. The van der Waals surface area contributed by atoms with Gasteiger partial charge in [0, 0.05) is 12.1 Å². The summed E-state index contributed by atoms with van der Waals surface area (Å²) in [5, 5.41) is 13.3. The molecule has 3 nitrogen and oxygen atoms in total. The van der Waals surface area contributed by atoms with Crippen LogP contribution in [0, 0.1) is 5.92 Å². The summed E-state index contributed by atoms with van der Waals surface area (Å²) in [6, 6.07) is 5.78. The van der Waals surface area contributed by atoms with Gasteiger partial charge in [0.15, 0.2) is 0 Å². The summed E-state index contributed by atoms with van der Waals surface area (Å²) in [7, 11) is 2.20. The van der Waals surface area contributed by atoms with Gasteiger partial charge in [0.2, 0.25) is 0 Å². The number of hydrogen-bond donors (Lipinski definition) is 2. The summed E-state index contributed by atoms with van der Waals surface area (Å²) >= 11 is 3.34. The zero-order chi connectivity index (χ0) is 13.7. The summed E-state index contributed by atoms with van der Waals surface area (Å²) in [5.74, 6) is 1.22. The Morgan fingerprint density at radius 3 is 2.84 bits per heavy atom. The highest BCUT2D eigenvalue weighted by Gasteiger charge is 2.15. The number of phenols is 1. The van der Waals surface area contributed by atoms with Gasteiger partial charge >= 0.3 is 0 Å². The van der Waals surface area contributed by atoms with Crippen LogP contribution in [0.5, 0.6) is 5.75 Å². The number of phenolic OH excluding ortho intramolecular Hbond substituents is 1. The quantitative estimate of drug-likeness (QED) is 0.816. The van der Waals surface area contributed by atoms with E-state index in [1.165, 1.54) is 32.4 Å². The topological polar surface area (TPSA) is 35.5 Å². The third-order valence-corrected chi connectivity index (χ3v) is 4.59. The molecule has 1 saturated heterocycles. The number of hydrogen-bond acceptors (Lipinski definition) is 3. The Bertz CT molecular complexity index is 403. The zero-order valence-corrected chi connectivity index (χ0v) is 13.1. The lowest BCUT2D eigenvalue weighted by Gasteiger charge is -2.28. The lowest BCUT2D eigenvalue weighted by molar-refractivity contribution is 0.211. The number of nitrogens with zero attached hydrogens (tertiary/aromatic N) is 1. The summed E-state index contributed by atoms with van der Waals surface area (Å²) in [4.78, 5) is 2.41. The van der Waals surface area contributed by atoms with Crippen molar-refractivity contribution in [1.82, 2.24) is 10.2 Å². The Balaban J connectivity index is 1.68. The van der Waals surface area contributed by atoms with Gasteiger partial charge in [0.25, 0.3) is 0 Å². The van der Waals surface area contributed by atoms with E-state index in [0.29, 0.717) is 5.75 Å². The van der Waals surface area contributed by atoms with E-state index in [1.807, 2.05) is 18.2 Å². The molecule has 1 fully saturated rings. The minimum Gasteiger partial charge on any atom is -0.506 e. The Labute approximate surface area is 124 Å². The van der Waals surface area contributed by atoms with Crippen LogP contribution in [-0.2, 0) is 6.54 Å². The largest absolute Gasteiger partial charge is 0.506 e. The van der Waals surface area contributed by atoms with Gasteiger partial charge < -0.3 is 15.3 Å². The fourth-order valence-corrected chi connectivity index (χ4v) is 2.99. The smallest absolute Gasteiger partial charge is 0.134 e. The third-order valence-electron chi connectivity index (χ3n) is 3.95. The molecule has 0 unspecified atom stereocenters. The highest BCUT2D eigenvalue weighted by atomic mass is 79.9. The number of piperidine rings is 1. The van der Waals surface area contributed by atoms with Gasteiger partial charge in [-0.25, -0.2) is 0 Å². The first-order chi connectivity index (χ1) is 9.16. The van der Waals surface area contributed by atoms with Crippen molar-refractivity contribution in [2.24, 2.45) is 5.92 Å². The fourth-order valence-electron chi connectivity index (χ4n) is 2.58. The second-order valence-electron chi connectivity index (χ2n) is 5.46. The van der Waals surface area contributed by atoms with Crippen molar-refractivity contribution in [2.45, 2.75) is 25.8 Å². The van der Waals surface area contributed by atoms with Crippen molar-refractivity contribution in [2.75, 3.05) is 26.7 Å². The van der Waals surface area contributed by atoms with E-state index in [9.17, 15) is 5.11 Å². The Morgan fingerprint density at radius 1 is 1.37 bits per heavy atom. The van der Waals surface area contributed by atoms with Crippen LogP contribution in [0.4, 0.5) is 0 Å². The molecule has 1 aromatic rings. The molecule has 1 aliphatic rings. The van der Waals surface area contributed by atoms with E-state index >= 15 is 0 Å². The molecule has 0 saturated carbocycles. The minimum atomic E-state index is 0.356. The second-order valence-corrected chi connectivity index (χ2v) is 6.31. The Kier molecular flexibility index (Phi) is 5.67. The summed E-state index contributed by atoms with van der Waals surface area (Å²) in [6.45, 7) is 4.23. The van der Waals surface area contributed by atoms with Crippen LogP contribution in [0.25, 0.3) is 0 Å². The van der Waals surface area contributed by atoms with Crippen LogP contribution in [0.1, 0.15) is 24.8 Å². The van der Waals surface area contributed by atoms with Gasteiger partial charge in [-0.1, -0.05) is 12.1 Å². The van der Waals surface area contributed by atoms with E-state index in [2.05, 4.69) is 33.2 Å². The van der Waals surface area contributed by atoms with Crippen LogP contribution in [0.2, 0.25) is 0 Å². The van der Waals surface area contributed by atoms with Gasteiger partial charge in [0.1, 0.15) is 5.75 Å². The average molecular weight is 327 g/mol. The first-order valence-electron chi connectivity index (χ1n) is 7.02. The molecule has 1 aromatic carbocycles. The van der Waals surface area contributed by atoms with Crippen LogP contribution >= 0.6 is 15.9 Å². The molecule has 0 radical (unpaired) electrons. The number of benzene rings is 1. The molecule has 1 aliphatic heterocycles. The lowest BCUT2D eigenvalue weighted by Crippen LogP contribution is -2.31. The summed E-state index contributed by atoms with van der Waals surface area (Å²) in [6.07, 6.45) is 3.88. The maximum atomic E-state index is 9.88. The number of halogens is 1. The fraction of sp³-hybridized carbons (Fsp3) is 0.600. The molecule has 106 valence electrons. The highest BCUT2D eigenvalue weighted by molar-refractivity contribution is 9.10. The molecule has 1 heterocycles. The SMILES string of the molecule is CN1CCC(CCNCc2cccc(Br)c2O)CC1. The number of rotatable bonds is 5. The van der Waals surface area contributed by atoms with E-state index in [4.69, 9.17) is 0 Å². The van der Waals surface area contributed by atoms with E-state index in [-0.39, 0.29) is 0 Å². The second kappa shape index (κ2) is 7.27. The molecule has 0 bridgehead atoms. The van der Waals surface area contributed by atoms with Crippen molar-refractivity contribution >= 4 is 15.9 Å². The number of nitrogens with one attached hydrogen (secondary N) is 1. The van der Waals surface area contributed by atoms with Crippen molar-refractivity contribution < 1.29 is 5.11 Å². The van der Waals surface area contributed by atoms with Gasteiger partial charge in [0.05, 0.1) is 4.47 Å². The molecule has 0 aromatic heterocycles. The molecule has 19 heavy (non-hydrogen) atoms. The molecule has 4 heteroatoms. The minimum absolute atomic E-state index is 0.356.